The molecule has 3 heterocycles. The van der Waals surface area contributed by atoms with Crippen molar-refractivity contribution in [2.75, 3.05) is 12.1 Å². The minimum atomic E-state index is -0.285. The standard InChI is InChI=1S/C24H26N6O2/c1-32-21-15-28(19-13-26-29(14-19)23(16-7-8-16)17-9-10-17)27-22(24(21)31)20-11-12-25-30(20)18-5-3-2-4-6-18/h2-6,12-17,20,23H,7-11H2,1H3. The molecule has 8 nitrogen and oxygen atoms in total. The number of hydrogen-bond donors (Lipinski definition) is 0. The first-order valence-corrected chi connectivity index (χ1v) is 11.3. The van der Waals surface area contributed by atoms with Crippen LogP contribution in [0.2, 0.25) is 0 Å². The molecule has 1 aliphatic heterocycles. The van der Waals surface area contributed by atoms with Crippen LogP contribution in [0.5, 0.6) is 5.75 Å². The number of para-hydroxylation sites is 1. The molecule has 1 aromatic carbocycles. The molecule has 2 fully saturated rings. The van der Waals surface area contributed by atoms with Gasteiger partial charge >= 0.3 is 0 Å². The molecule has 8 heteroatoms. The smallest absolute Gasteiger partial charge is 0.247 e. The first-order valence-electron chi connectivity index (χ1n) is 11.3. The number of hydrogen-bond acceptors (Lipinski definition) is 6. The van der Waals surface area contributed by atoms with Crippen LogP contribution in [0.1, 0.15) is 49.9 Å². The van der Waals surface area contributed by atoms with Crippen molar-refractivity contribution >= 4 is 11.9 Å². The van der Waals surface area contributed by atoms with Gasteiger partial charge in [-0.3, -0.25) is 14.5 Å². The third-order valence-corrected chi connectivity index (χ3v) is 6.67. The first kappa shape index (κ1) is 19.3. The summed E-state index contributed by atoms with van der Waals surface area (Å²) in [5, 5.41) is 15.8. The Balaban J connectivity index is 1.38. The molecule has 2 aliphatic carbocycles. The number of rotatable bonds is 7. The van der Waals surface area contributed by atoms with Crippen LogP contribution in [-0.4, -0.2) is 32.9 Å². The molecule has 0 amide bonds. The summed E-state index contributed by atoms with van der Waals surface area (Å²) >= 11 is 0. The molecule has 2 aromatic heterocycles. The second kappa shape index (κ2) is 7.62. The van der Waals surface area contributed by atoms with E-state index >= 15 is 0 Å². The highest BCUT2D eigenvalue weighted by Gasteiger charge is 2.43. The number of methoxy groups -OCH3 is 1. The third kappa shape index (κ3) is 3.39. The fraction of sp³-hybridized carbons (Fsp3) is 0.417. The molecule has 3 aromatic rings. The fourth-order valence-corrected chi connectivity index (χ4v) is 4.75. The normalized spacial score (nSPS) is 20.3. The summed E-state index contributed by atoms with van der Waals surface area (Å²) in [6, 6.07) is 10.0. The van der Waals surface area contributed by atoms with Gasteiger partial charge in [0.1, 0.15) is 17.4 Å². The van der Waals surface area contributed by atoms with Crippen LogP contribution in [0.3, 0.4) is 0 Å². The zero-order valence-electron chi connectivity index (χ0n) is 18.0. The minimum Gasteiger partial charge on any atom is -0.491 e. The summed E-state index contributed by atoms with van der Waals surface area (Å²) in [4.78, 5) is 13.2. The van der Waals surface area contributed by atoms with E-state index in [-0.39, 0.29) is 17.2 Å². The quantitative estimate of drug-likeness (QED) is 0.571. The van der Waals surface area contributed by atoms with Gasteiger partial charge in [-0.1, -0.05) is 18.2 Å². The van der Waals surface area contributed by atoms with Gasteiger partial charge in [0.25, 0.3) is 0 Å². The number of ether oxygens (including phenoxy) is 1. The van der Waals surface area contributed by atoms with Crippen molar-refractivity contribution in [2.45, 2.75) is 44.2 Å². The molecule has 32 heavy (non-hydrogen) atoms. The molecular weight excluding hydrogens is 404 g/mol. The number of nitrogens with zero attached hydrogens (tertiary/aromatic N) is 6. The molecule has 0 saturated heterocycles. The Morgan fingerprint density at radius 3 is 2.47 bits per heavy atom. The van der Waals surface area contributed by atoms with Crippen molar-refractivity contribution in [1.29, 1.82) is 0 Å². The monoisotopic (exact) mass is 430 g/mol. The van der Waals surface area contributed by atoms with E-state index in [9.17, 15) is 4.79 Å². The Morgan fingerprint density at radius 2 is 1.78 bits per heavy atom. The van der Waals surface area contributed by atoms with Gasteiger partial charge in [-0.25, -0.2) is 4.68 Å². The van der Waals surface area contributed by atoms with Crippen molar-refractivity contribution in [3.63, 3.8) is 0 Å². The van der Waals surface area contributed by atoms with Crippen molar-refractivity contribution in [2.24, 2.45) is 16.9 Å². The van der Waals surface area contributed by atoms with Crippen LogP contribution in [0.4, 0.5) is 5.69 Å². The lowest BCUT2D eigenvalue weighted by molar-refractivity contribution is 0.360. The van der Waals surface area contributed by atoms with Crippen LogP contribution >= 0.6 is 0 Å². The Kier molecular flexibility index (Phi) is 4.59. The minimum absolute atomic E-state index is 0.207. The average Bonchev–Trinajstić information content (AvgIpc) is 3.74. The lowest BCUT2D eigenvalue weighted by Crippen LogP contribution is -2.28. The van der Waals surface area contributed by atoms with E-state index in [1.54, 1.807) is 10.9 Å². The van der Waals surface area contributed by atoms with E-state index in [0.717, 1.165) is 23.2 Å². The molecule has 164 valence electrons. The topological polar surface area (TPSA) is 77.5 Å². The Labute approximate surface area is 186 Å². The largest absolute Gasteiger partial charge is 0.491 e. The average molecular weight is 431 g/mol. The van der Waals surface area contributed by atoms with E-state index in [1.807, 2.05) is 47.8 Å². The highest BCUT2D eigenvalue weighted by molar-refractivity contribution is 5.67. The van der Waals surface area contributed by atoms with E-state index < -0.39 is 0 Å². The molecule has 1 unspecified atom stereocenters. The first-order chi connectivity index (χ1) is 15.7. The summed E-state index contributed by atoms with van der Waals surface area (Å²) < 4.78 is 9.28. The molecular formula is C24H26N6O2. The molecule has 0 N–H and O–H groups in total. The van der Waals surface area contributed by atoms with E-state index in [2.05, 4.69) is 21.1 Å². The lowest BCUT2D eigenvalue weighted by atomic mass is 10.1. The molecule has 1 atom stereocenters. The van der Waals surface area contributed by atoms with Crippen LogP contribution in [0.15, 0.2) is 58.8 Å². The van der Waals surface area contributed by atoms with E-state index in [4.69, 9.17) is 9.84 Å². The Hall–Kier alpha value is -3.42. The SMILES string of the molecule is COc1cn(-c2cnn(C(C3CC3)C3CC3)c2)nc(C2CC=NN2c2ccccc2)c1=O. The van der Waals surface area contributed by atoms with E-state index in [0.29, 0.717) is 18.2 Å². The zero-order valence-corrected chi connectivity index (χ0v) is 18.0. The third-order valence-electron chi connectivity index (χ3n) is 6.67. The predicted molar refractivity (Wildman–Crippen MR) is 121 cm³/mol. The van der Waals surface area contributed by atoms with Crippen molar-refractivity contribution in [3.05, 3.63) is 64.8 Å². The second-order valence-corrected chi connectivity index (χ2v) is 8.93. The van der Waals surface area contributed by atoms with Crippen molar-refractivity contribution < 1.29 is 4.74 Å². The van der Waals surface area contributed by atoms with Gasteiger partial charge in [-0.05, 0) is 49.7 Å². The highest BCUT2D eigenvalue weighted by atomic mass is 16.5. The Morgan fingerprint density at radius 1 is 1.03 bits per heavy atom. The molecule has 0 spiro atoms. The maximum Gasteiger partial charge on any atom is 0.247 e. The second-order valence-electron chi connectivity index (χ2n) is 8.93. The van der Waals surface area contributed by atoms with Gasteiger partial charge in [-0.2, -0.15) is 15.3 Å². The maximum absolute atomic E-state index is 13.2. The fourth-order valence-electron chi connectivity index (χ4n) is 4.75. The van der Waals surface area contributed by atoms with E-state index in [1.165, 1.54) is 32.8 Å². The van der Waals surface area contributed by atoms with Crippen molar-refractivity contribution in [3.8, 4) is 11.4 Å². The zero-order chi connectivity index (χ0) is 21.7. The number of aromatic nitrogens is 4. The maximum atomic E-state index is 13.2. The Bertz CT molecular complexity index is 1200. The van der Waals surface area contributed by atoms with Crippen LogP contribution in [0, 0.1) is 11.8 Å². The van der Waals surface area contributed by atoms with Gasteiger partial charge < -0.3 is 4.74 Å². The van der Waals surface area contributed by atoms with Gasteiger partial charge in [0.05, 0.1) is 37.4 Å². The summed E-state index contributed by atoms with van der Waals surface area (Å²) in [6.07, 6.45) is 13.2. The summed E-state index contributed by atoms with van der Waals surface area (Å²) in [5.74, 6) is 1.76. The van der Waals surface area contributed by atoms with Gasteiger partial charge in [-0.15, -0.1) is 0 Å². The molecule has 3 aliphatic rings. The number of hydrazone groups is 1. The highest BCUT2D eigenvalue weighted by Crippen LogP contribution is 2.51. The molecule has 6 rings (SSSR count). The number of anilines is 1. The molecule has 2 saturated carbocycles. The van der Waals surface area contributed by atoms with Gasteiger partial charge in [0, 0.05) is 12.6 Å². The van der Waals surface area contributed by atoms with Gasteiger partial charge in [0.15, 0.2) is 5.75 Å². The van der Waals surface area contributed by atoms with Crippen LogP contribution in [0.25, 0.3) is 5.69 Å². The van der Waals surface area contributed by atoms with Crippen molar-refractivity contribution in [1.82, 2.24) is 19.6 Å². The van der Waals surface area contributed by atoms with Crippen LogP contribution < -0.4 is 15.2 Å². The predicted octanol–water partition coefficient (Wildman–Crippen LogP) is 3.74. The molecule has 0 radical (unpaired) electrons. The summed E-state index contributed by atoms with van der Waals surface area (Å²) in [5.41, 5.74) is 1.97. The molecule has 0 bridgehead atoms. The number of benzene rings is 1. The van der Waals surface area contributed by atoms with Gasteiger partial charge in [0.2, 0.25) is 5.43 Å². The lowest BCUT2D eigenvalue weighted by Gasteiger charge is -2.23. The summed E-state index contributed by atoms with van der Waals surface area (Å²) in [7, 11) is 1.52. The van der Waals surface area contributed by atoms with Crippen LogP contribution in [-0.2, 0) is 0 Å². The summed E-state index contributed by atoms with van der Waals surface area (Å²) in [6.45, 7) is 0.